The van der Waals surface area contributed by atoms with Gasteiger partial charge in [0.05, 0.1) is 12.2 Å². The number of aromatic hydroxyl groups is 1. The molecule has 0 fully saturated rings. The number of aromatic nitrogens is 3. The molecule has 0 spiro atoms. The van der Waals surface area contributed by atoms with Crippen molar-refractivity contribution in [3.05, 3.63) is 59.0 Å². The fourth-order valence-corrected chi connectivity index (χ4v) is 3.33. The Morgan fingerprint density at radius 1 is 1.38 bits per heavy atom. The molecule has 4 rings (SSSR count). The molecule has 0 saturated carbocycles. The Morgan fingerprint density at radius 2 is 2.25 bits per heavy atom. The molecule has 1 aliphatic rings. The third-order valence-electron chi connectivity index (χ3n) is 4.54. The zero-order valence-corrected chi connectivity index (χ0v) is 13.4. The van der Waals surface area contributed by atoms with Crippen LogP contribution in [0.3, 0.4) is 0 Å². The first-order chi connectivity index (χ1) is 11.6. The number of amides is 1. The van der Waals surface area contributed by atoms with Gasteiger partial charge in [-0.05, 0) is 49.4 Å². The molecule has 1 atom stereocenters. The summed E-state index contributed by atoms with van der Waals surface area (Å²) in [4.78, 5) is 17.1. The molecule has 2 N–H and O–H groups in total. The summed E-state index contributed by atoms with van der Waals surface area (Å²) in [5, 5.41) is 17.3. The van der Waals surface area contributed by atoms with E-state index in [4.69, 9.17) is 0 Å². The van der Waals surface area contributed by atoms with E-state index >= 15 is 0 Å². The van der Waals surface area contributed by atoms with E-state index in [9.17, 15) is 9.90 Å². The average molecular weight is 322 g/mol. The number of phenolic OH excluding ortho intramolecular Hbond substituents is 1. The van der Waals surface area contributed by atoms with Gasteiger partial charge in [-0.15, -0.1) is 0 Å². The van der Waals surface area contributed by atoms with Crippen molar-refractivity contribution in [2.75, 3.05) is 0 Å². The van der Waals surface area contributed by atoms with Crippen molar-refractivity contribution in [1.29, 1.82) is 0 Å². The second-order valence-corrected chi connectivity index (χ2v) is 6.16. The predicted molar refractivity (Wildman–Crippen MR) is 89.0 cm³/mol. The summed E-state index contributed by atoms with van der Waals surface area (Å²) in [6.07, 6.45) is 5.97. The number of nitrogens with zero attached hydrogens (tertiary/aromatic N) is 3. The van der Waals surface area contributed by atoms with Gasteiger partial charge in [-0.1, -0.05) is 12.1 Å². The molecule has 6 heteroatoms. The van der Waals surface area contributed by atoms with E-state index in [0.717, 1.165) is 36.1 Å². The van der Waals surface area contributed by atoms with Gasteiger partial charge in [-0.3, -0.25) is 4.79 Å². The monoisotopic (exact) mass is 322 g/mol. The second kappa shape index (κ2) is 5.63. The van der Waals surface area contributed by atoms with Crippen molar-refractivity contribution in [3.8, 4) is 5.75 Å². The lowest BCUT2D eigenvalue weighted by atomic mass is 9.87. The van der Waals surface area contributed by atoms with Crippen LogP contribution in [0.2, 0.25) is 0 Å². The van der Waals surface area contributed by atoms with Crippen LogP contribution < -0.4 is 5.32 Å². The number of phenols is 1. The first kappa shape index (κ1) is 14.7. The van der Waals surface area contributed by atoms with Gasteiger partial charge in [0.25, 0.3) is 5.91 Å². The van der Waals surface area contributed by atoms with Crippen molar-refractivity contribution in [2.45, 2.75) is 32.2 Å². The molecule has 3 aromatic rings. The lowest BCUT2D eigenvalue weighted by Gasteiger charge is -2.26. The van der Waals surface area contributed by atoms with Crippen LogP contribution in [-0.2, 0) is 6.42 Å². The summed E-state index contributed by atoms with van der Waals surface area (Å²) in [7, 11) is 0. The average Bonchev–Trinajstić information content (AvgIpc) is 2.99. The summed E-state index contributed by atoms with van der Waals surface area (Å²) >= 11 is 0. The first-order valence-electron chi connectivity index (χ1n) is 8.06. The molecule has 122 valence electrons. The molecular formula is C18H18N4O2. The van der Waals surface area contributed by atoms with Gasteiger partial charge in [0, 0.05) is 11.9 Å². The van der Waals surface area contributed by atoms with E-state index in [1.807, 2.05) is 25.1 Å². The number of rotatable bonds is 2. The van der Waals surface area contributed by atoms with Crippen molar-refractivity contribution < 1.29 is 9.90 Å². The fourth-order valence-electron chi connectivity index (χ4n) is 3.33. The summed E-state index contributed by atoms with van der Waals surface area (Å²) in [6.45, 7) is 1.88. The molecule has 0 radical (unpaired) electrons. The van der Waals surface area contributed by atoms with E-state index in [2.05, 4.69) is 15.4 Å². The number of aryl methyl sites for hydroxylation is 1. The maximum atomic E-state index is 12.7. The Morgan fingerprint density at radius 3 is 3.12 bits per heavy atom. The van der Waals surface area contributed by atoms with Crippen LogP contribution in [0.15, 0.2) is 36.7 Å². The lowest BCUT2D eigenvalue weighted by molar-refractivity contribution is 0.0934. The molecule has 6 nitrogen and oxygen atoms in total. The number of hydrogen-bond donors (Lipinski definition) is 2. The number of hydrogen-bond acceptors (Lipinski definition) is 4. The first-order valence-corrected chi connectivity index (χ1v) is 8.06. The molecule has 0 aliphatic heterocycles. The summed E-state index contributed by atoms with van der Waals surface area (Å²) in [6, 6.07) is 7.23. The van der Waals surface area contributed by atoms with Crippen molar-refractivity contribution in [3.63, 3.8) is 0 Å². The summed E-state index contributed by atoms with van der Waals surface area (Å²) < 4.78 is 1.60. The highest BCUT2D eigenvalue weighted by atomic mass is 16.3. The third kappa shape index (κ3) is 2.40. The number of carbonyl (C=O) groups is 1. The molecule has 0 unspecified atom stereocenters. The predicted octanol–water partition coefficient (Wildman–Crippen LogP) is 2.55. The van der Waals surface area contributed by atoms with Crippen LogP contribution in [-0.4, -0.2) is 25.6 Å². The molecule has 2 aromatic heterocycles. The van der Waals surface area contributed by atoms with Crippen LogP contribution >= 0.6 is 0 Å². The SMILES string of the molecule is Cc1ccn2ncc(C(=O)N[C@@H]3CCCc4c(O)cccc43)c2n1. The number of nitrogens with one attached hydrogen (secondary N) is 1. The van der Waals surface area contributed by atoms with Gasteiger partial charge in [0.15, 0.2) is 5.65 Å². The van der Waals surface area contributed by atoms with Crippen LogP contribution in [0, 0.1) is 6.92 Å². The van der Waals surface area contributed by atoms with Crippen LogP contribution in [0.1, 0.15) is 46.1 Å². The van der Waals surface area contributed by atoms with Crippen molar-refractivity contribution in [1.82, 2.24) is 19.9 Å². The number of fused-ring (bicyclic) bond motifs is 2. The standard InChI is InChI=1S/C18H18N4O2/c1-11-8-9-22-17(20-11)14(10-19-22)18(24)21-15-6-2-5-13-12(15)4-3-7-16(13)23/h3-4,7-10,15,23H,2,5-6H2,1H3,(H,21,24)/t15-/m1/s1. The number of carbonyl (C=O) groups excluding carboxylic acids is 1. The Bertz CT molecular complexity index is 932. The number of benzene rings is 1. The molecule has 2 heterocycles. The highest BCUT2D eigenvalue weighted by molar-refractivity contribution is 5.99. The summed E-state index contributed by atoms with van der Waals surface area (Å²) in [5.41, 5.74) is 3.79. The minimum absolute atomic E-state index is 0.104. The highest BCUT2D eigenvalue weighted by Crippen LogP contribution is 2.34. The van der Waals surface area contributed by atoms with Crippen LogP contribution in [0.4, 0.5) is 0 Å². The second-order valence-electron chi connectivity index (χ2n) is 6.16. The Labute approximate surface area is 139 Å². The Balaban J connectivity index is 1.65. The minimum atomic E-state index is -0.190. The zero-order chi connectivity index (χ0) is 16.7. The van der Waals surface area contributed by atoms with Gasteiger partial charge >= 0.3 is 0 Å². The van der Waals surface area contributed by atoms with Crippen LogP contribution in [0.5, 0.6) is 5.75 Å². The lowest BCUT2D eigenvalue weighted by Crippen LogP contribution is -2.31. The van der Waals surface area contributed by atoms with E-state index in [-0.39, 0.29) is 11.9 Å². The van der Waals surface area contributed by atoms with E-state index < -0.39 is 0 Å². The Hall–Kier alpha value is -2.89. The largest absolute Gasteiger partial charge is 0.508 e. The maximum Gasteiger partial charge on any atom is 0.257 e. The smallest absolute Gasteiger partial charge is 0.257 e. The Kier molecular flexibility index (Phi) is 3.45. The highest BCUT2D eigenvalue weighted by Gasteiger charge is 2.25. The van der Waals surface area contributed by atoms with Gasteiger partial charge in [-0.2, -0.15) is 5.10 Å². The quantitative estimate of drug-likeness (QED) is 0.760. The van der Waals surface area contributed by atoms with Crippen molar-refractivity contribution in [2.24, 2.45) is 0 Å². The zero-order valence-electron chi connectivity index (χ0n) is 13.4. The van der Waals surface area contributed by atoms with Crippen LogP contribution in [0.25, 0.3) is 5.65 Å². The van der Waals surface area contributed by atoms with E-state index in [0.29, 0.717) is 17.0 Å². The maximum absolute atomic E-state index is 12.7. The molecule has 1 aliphatic carbocycles. The molecule has 0 saturated heterocycles. The molecule has 1 amide bonds. The topological polar surface area (TPSA) is 79.5 Å². The molecule has 0 bridgehead atoms. The normalized spacial score (nSPS) is 16.8. The minimum Gasteiger partial charge on any atom is -0.508 e. The van der Waals surface area contributed by atoms with Gasteiger partial charge in [0.2, 0.25) is 0 Å². The molecule has 1 aromatic carbocycles. The van der Waals surface area contributed by atoms with Gasteiger partial charge in [-0.25, -0.2) is 9.50 Å². The molecule has 24 heavy (non-hydrogen) atoms. The van der Waals surface area contributed by atoms with E-state index in [1.165, 1.54) is 0 Å². The summed E-state index contributed by atoms with van der Waals surface area (Å²) in [5.74, 6) is 0.115. The van der Waals surface area contributed by atoms with Gasteiger partial charge in [0.1, 0.15) is 11.3 Å². The third-order valence-corrected chi connectivity index (χ3v) is 4.54. The molecular weight excluding hydrogens is 304 g/mol. The van der Waals surface area contributed by atoms with Crippen molar-refractivity contribution >= 4 is 11.6 Å². The fraction of sp³-hybridized carbons (Fsp3) is 0.278. The van der Waals surface area contributed by atoms with Gasteiger partial charge < -0.3 is 10.4 Å². The van der Waals surface area contributed by atoms with E-state index in [1.54, 1.807) is 23.0 Å².